The molecule has 4 nitrogen and oxygen atoms in total. The maximum atomic E-state index is 12.2. The van der Waals surface area contributed by atoms with E-state index in [1.54, 1.807) is 13.8 Å². The van der Waals surface area contributed by atoms with Gasteiger partial charge in [-0.25, -0.2) is 0 Å². The van der Waals surface area contributed by atoms with E-state index in [2.05, 4.69) is 6.92 Å². The molecule has 1 atom stereocenters. The molecule has 0 amide bonds. The van der Waals surface area contributed by atoms with Crippen LogP contribution in [0.3, 0.4) is 0 Å². The molecule has 0 aromatic carbocycles. The third-order valence-corrected chi connectivity index (χ3v) is 3.91. The summed E-state index contributed by atoms with van der Waals surface area (Å²) in [7, 11) is 0. The SMILES string of the molecule is CCCCCCCOC(=O)C(C)(C)C(=O)OC(CC)C(C)C. The Balaban J connectivity index is 4.28. The second-order valence-corrected chi connectivity index (χ2v) is 6.77. The summed E-state index contributed by atoms with van der Waals surface area (Å²) in [6.07, 6.45) is 6.04. The molecule has 0 aromatic rings. The minimum Gasteiger partial charge on any atom is -0.465 e. The highest BCUT2D eigenvalue weighted by atomic mass is 16.6. The lowest BCUT2D eigenvalue weighted by Gasteiger charge is -2.26. The highest BCUT2D eigenvalue weighted by Crippen LogP contribution is 2.23. The summed E-state index contributed by atoms with van der Waals surface area (Å²) in [4.78, 5) is 24.3. The molecular weight excluding hydrogens is 280 g/mol. The molecule has 0 aliphatic rings. The lowest BCUT2D eigenvalue weighted by molar-refractivity contribution is -0.174. The normalized spacial score (nSPS) is 13.0. The van der Waals surface area contributed by atoms with Gasteiger partial charge in [0.2, 0.25) is 0 Å². The van der Waals surface area contributed by atoms with E-state index in [4.69, 9.17) is 9.47 Å². The number of hydrogen-bond acceptors (Lipinski definition) is 4. The second-order valence-electron chi connectivity index (χ2n) is 6.77. The number of carbonyl (C=O) groups excluding carboxylic acids is 2. The van der Waals surface area contributed by atoms with Gasteiger partial charge in [0.05, 0.1) is 6.61 Å². The molecule has 0 radical (unpaired) electrons. The molecule has 0 rings (SSSR count). The summed E-state index contributed by atoms with van der Waals surface area (Å²) in [6.45, 7) is 11.7. The van der Waals surface area contributed by atoms with E-state index < -0.39 is 17.4 Å². The summed E-state index contributed by atoms with van der Waals surface area (Å²) >= 11 is 0. The number of esters is 2. The van der Waals surface area contributed by atoms with Gasteiger partial charge in [-0.1, -0.05) is 53.4 Å². The van der Waals surface area contributed by atoms with Crippen molar-refractivity contribution in [2.75, 3.05) is 6.61 Å². The minimum absolute atomic E-state index is 0.159. The summed E-state index contributed by atoms with van der Waals surface area (Å²) in [5.41, 5.74) is -1.24. The maximum Gasteiger partial charge on any atom is 0.323 e. The first-order valence-electron chi connectivity index (χ1n) is 8.65. The van der Waals surface area contributed by atoms with E-state index in [1.807, 2.05) is 20.8 Å². The van der Waals surface area contributed by atoms with Crippen molar-refractivity contribution in [3.63, 3.8) is 0 Å². The van der Waals surface area contributed by atoms with E-state index >= 15 is 0 Å². The quantitative estimate of drug-likeness (QED) is 0.320. The number of ether oxygens (including phenoxy) is 2. The van der Waals surface area contributed by atoms with Gasteiger partial charge in [-0.2, -0.15) is 0 Å². The lowest BCUT2D eigenvalue weighted by atomic mass is 9.93. The van der Waals surface area contributed by atoms with Crippen molar-refractivity contribution in [3.05, 3.63) is 0 Å². The zero-order valence-corrected chi connectivity index (χ0v) is 15.2. The van der Waals surface area contributed by atoms with Crippen molar-refractivity contribution in [2.45, 2.75) is 86.2 Å². The molecule has 0 saturated heterocycles. The first-order chi connectivity index (χ1) is 10.3. The smallest absolute Gasteiger partial charge is 0.323 e. The number of unbranched alkanes of at least 4 members (excludes halogenated alkanes) is 4. The molecule has 0 saturated carbocycles. The summed E-state index contributed by atoms with van der Waals surface area (Å²) in [5, 5.41) is 0. The van der Waals surface area contributed by atoms with Gasteiger partial charge < -0.3 is 9.47 Å². The minimum atomic E-state index is -1.24. The van der Waals surface area contributed by atoms with Crippen LogP contribution in [-0.4, -0.2) is 24.6 Å². The van der Waals surface area contributed by atoms with Gasteiger partial charge >= 0.3 is 11.9 Å². The molecule has 0 spiro atoms. The van der Waals surface area contributed by atoms with Crippen LogP contribution in [0.25, 0.3) is 0 Å². The van der Waals surface area contributed by atoms with Crippen LogP contribution in [0.4, 0.5) is 0 Å². The fraction of sp³-hybridized carbons (Fsp3) is 0.889. The van der Waals surface area contributed by atoms with Crippen LogP contribution in [0.2, 0.25) is 0 Å². The monoisotopic (exact) mass is 314 g/mol. The van der Waals surface area contributed by atoms with E-state index in [1.165, 1.54) is 12.8 Å². The zero-order valence-electron chi connectivity index (χ0n) is 15.2. The molecule has 0 N–H and O–H groups in total. The lowest BCUT2D eigenvalue weighted by Crippen LogP contribution is -2.39. The van der Waals surface area contributed by atoms with Crippen molar-refractivity contribution in [2.24, 2.45) is 11.3 Å². The molecule has 22 heavy (non-hydrogen) atoms. The molecule has 130 valence electrons. The highest BCUT2D eigenvalue weighted by Gasteiger charge is 2.40. The van der Waals surface area contributed by atoms with E-state index in [9.17, 15) is 9.59 Å². The Hall–Kier alpha value is -1.06. The molecule has 4 heteroatoms. The average Bonchev–Trinajstić information content (AvgIpc) is 2.47. The molecule has 0 aromatic heterocycles. The molecule has 0 heterocycles. The van der Waals surface area contributed by atoms with Gasteiger partial charge in [0.1, 0.15) is 6.10 Å². The van der Waals surface area contributed by atoms with Gasteiger partial charge in [-0.3, -0.25) is 9.59 Å². The van der Waals surface area contributed by atoms with E-state index in [0.29, 0.717) is 6.61 Å². The molecule has 0 bridgehead atoms. The highest BCUT2D eigenvalue weighted by molar-refractivity contribution is 5.99. The molecule has 1 unspecified atom stereocenters. The Morgan fingerprint density at radius 1 is 0.955 bits per heavy atom. The largest absolute Gasteiger partial charge is 0.465 e. The molecule has 0 aliphatic heterocycles. The number of carbonyl (C=O) groups is 2. The van der Waals surface area contributed by atoms with Crippen LogP contribution in [-0.2, 0) is 19.1 Å². The standard InChI is InChI=1S/C18H34O4/c1-7-9-10-11-12-13-21-16(19)18(5,6)17(20)22-15(8-2)14(3)4/h14-15H,7-13H2,1-6H3. The Labute approximate surface area is 135 Å². The van der Waals surface area contributed by atoms with Crippen molar-refractivity contribution >= 4 is 11.9 Å². The molecule has 0 aliphatic carbocycles. The van der Waals surface area contributed by atoms with Crippen LogP contribution in [0.15, 0.2) is 0 Å². The predicted molar refractivity (Wildman–Crippen MR) is 88.5 cm³/mol. The third-order valence-electron chi connectivity index (χ3n) is 3.91. The van der Waals surface area contributed by atoms with Gasteiger partial charge in [-0.05, 0) is 32.6 Å². The summed E-state index contributed by atoms with van der Waals surface area (Å²) in [6, 6.07) is 0. The number of rotatable bonds is 11. The van der Waals surface area contributed by atoms with Gasteiger partial charge in [-0.15, -0.1) is 0 Å². The van der Waals surface area contributed by atoms with Crippen molar-refractivity contribution < 1.29 is 19.1 Å². The first kappa shape index (κ1) is 20.9. The topological polar surface area (TPSA) is 52.6 Å². The van der Waals surface area contributed by atoms with E-state index in [-0.39, 0.29) is 12.0 Å². The van der Waals surface area contributed by atoms with Crippen LogP contribution in [0.5, 0.6) is 0 Å². The average molecular weight is 314 g/mol. The van der Waals surface area contributed by atoms with Crippen LogP contribution in [0, 0.1) is 11.3 Å². The van der Waals surface area contributed by atoms with Gasteiger partial charge in [0.15, 0.2) is 5.41 Å². The Morgan fingerprint density at radius 2 is 1.55 bits per heavy atom. The fourth-order valence-electron chi connectivity index (χ4n) is 2.11. The van der Waals surface area contributed by atoms with E-state index in [0.717, 1.165) is 25.7 Å². The predicted octanol–water partition coefficient (Wildman–Crippen LogP) is 4.50. The maximum absolute atomic E-state index is 12.2. The Bertz CT molecular complexity index is 334. The Kier molecular flexibility index (Phi) is 10.1. The zero-order chi connectivity index (χ0) is 17.2. The first-order valence-corrected chi connectivity index (χ1v) is 8.65. The fourth-order valence-corrected chi connectivity index (χ4v) is 2.11. The van der Waals surface area contributed by atoms with Crippen LogP contribution in [0.1, 0.15) is 80.1 Å². The molecular formula is C18H34O4. The van der Waals surface area contributed by atoms with Crippen molar-refractivity contribution in [1.82, 2.24) is 0 Å². The Morgan fingerprint density at radius 3 is 2.05 bits per heavy atom. The molecule has 0 fully saturated rings. The number of hydrogen-bond donors (Lipinski definition) is 0. The van der Waals surface area contributed by atoms with Gasteiger partial charge in [0.25, 0.3) is 0 Å². The van der Waals surface area contributed by atoms with Crippen LogP contribution >= 0.6 is 0 Å². The summed E-state index contributed by atoms with van der Waals surface area (Å²) in [5.74, 6) is -0.755. The third kappa shape index (κ3) is 7.28. The van der Waals surface area contributed by atoms with Crippen LogP contribution < -0.4 is 0 Å². The van der Waals surface area contributed by atoms with Crippen molar-refractivity contribution in [3.8, 4) is 0 Å². The van der Waals surface area contributed by atoms with Crippen molar-refractivity contribution in [1.29, 1.82) is 0 Å². The second kappa shape index (κ2) is 10.6. The summed E-state index contributed by atoms with van der Waals surface area (Å²) < 4.78 is 10.7. The van der Waals surface area contributed by atoms with Gasteiger partial charge in [0, 0.05) is 0 Å².